The molecule has 3 rings (SSSR count). The molecule has 0 atom stereocenters. The molecule has 0 aliphatic rings. The first-order valence-electron chi connectivity index (χ1n) is 5.28. The molecule has 0 saturated heterocycles. The van der Waals surface area contributed by atoms with Gasteiger partial charge in [-0.2, -0.15) is 5.10 Å². The minimum absolute atomic E-state index is 0.703. The average molecular weight is 277 g/mol. The van der Waals surface area contributed by atoms with Gasteiger partial charge in [0.2, 0.25) is 0 Å². The fourth-order valence-electron chi connectivity index (χ4n) is 1.76. The summed E-state index contributed by atoms with van der Waals surface area (Å²) in [7, 11) is 0. The average Bonchev–Trinajstić information content (AvgIpc) is 2.83. The van der Waals surface area contributed by atoms with Gasteiger partial charge in [-0.25, -0.2) is 14.6 Å². The van der Waals surface area contributed by atoms with Crippen molar-refractivity contribution < 1.29 is 0 Å². The lowest BCUT2D eigenvalue weighted by Crippen LogP contribution is -1.97. The lowest BCUT2D eigenvalue weighted by molar-refractivity contribution is 0.893. The van der Waals surface area contributed by atoms with E-state index in [0.717, 1.165) is 21.7 Å². The maximum atomic E-state index is 5.88. The van der Waals surface area contributed by atoms with E-state index in [9.17, 15) is 0 Å². The van der Waals surface area contributed by atoms with E-state index in [4.69, 9.17) is 11.6 Å². The van der Waals surface area contributed by atoms with Crippen molar-refractivity contribution in [3.05, 3.63) is 41.8 Å². The molecule has 0 N–H and O–H groups in total. The van der Waals surface area contributed by atoms with Crippen LogP contribution >= 0.6 is 23.4 Å². The van der Waals surface area contributed by atoms with E-state index >= 15 is 0 Å². The quantitative estimate of drug-likeness (QED) is 0.533. The van der Waals surface area contributed by atoms with Crippen molar-refractivity contribution in [2.75, 3.05) is 6.26 Å². The van der Waals surface area contributed by atoms with Gasteiger partial charge in [0.15, 0.2) is 5.65 Å². The largest absolute Gasteiger partial charge is 0.229 e. The minimum Gasteiger partial charge on any atom is -0.229 e. The summed E-state index contributed by atoms with van der Waals surface area (Å²) in [6.07, 6.45) is 5.33. The van der Waals surface area contributed by atoms with Gasteiger partial charge in [-0.05, 0) is 30.5 Å². The smallest absolute Gasteiger partial charge is 0.167 e. The van der Waals surface area contributed by atoms with Gasteiger partial charge in [0.25, 0.3) is 0 Å². The zero-order valence-electron chi connectivity index (χ0n) is 9.54. The van der Waals surface area contributed by atoms with Crippen LogP contribution in [0.5, 0.6) is 0 Å². The van der Waals surface area contributed by atoms with Gasteiger partial charge in [0.1, 0.15) is 11.4 Å². The van der Waals surface area contributed by atoms with Crippen LogP contribution in [0.2, 0.25) is 5.02 Å². The Morgan fingerprint density at radius 3 is 2.67 bits per heavy atom. The van der Waals surface area contributed by atoms with E-state index in [2.05, 4.69) is 15.1 Å². The zero-order valence-corrected chi connectivity index (χ0v) is 11.1. The van der Waals surface area contributed by atoms with Gasteiger partial charge in [0.05, 0.1) is 17.3 Å². The molecule has 0 amide bonds. The summed E-state index contributed by atoms with van der Waals surface area (Å²) in [6, 6.07) is 7.49. The lowest BCUT2D eigenvalue weighted by Gasteiger charge is -2.03. The number of fused-ring (bicyclic) bond motifs is 1. The molecule has 2 heterocycles. The molecule has 0 fully saturated rings. The first kappa shape index (κ1) is 11.5. The van der Waals surface area contributed by atoms with Crippen molar-refractivity contribution in [1.82, 2.24) is 19.7 Å². The van der Waals surface area contributed by atoms with Gasteiger partial charge < -0.3 is 0 Å². The van der Waals surface area contributed by atoms with Crippen LogP contribution in [0.1, 0.15) is 0 Å². The molecule has 2 aromatic heterocycles. The minimum atomic E-state index is 0.703. The Morgan fingerprint density at radius 2 is 1.94 bits per heavy atom. The Hall–Kier alpha value is -1.59. The fraction of sp³-hybridized carbons (Fsp3) is 0.0833. The predicted octanol–water partition coefficient (Wildman–Crippen LogP) is 3.19. The fourth-order valence-corrected chi connectivity index (χ4v) is 2.40. The number of hydrogen-bond acceptors (Lipinski definition) is 4. The molecule has 0 aliphatic heterocycles. The van der Waals surface area contributed by atoms with Gasteiger partial charge >= 0.3 is 0 Å². The highest BCUT2D eigenvalue weighted by Gasteiger charge is 2.10. The summed E-state index contributed by atoms with van der Waals surface area (Å²) in [6.45, 7) is 0. The molecule has 0 bridgehead atoms. The predicted molar refractivity (Wildman–Crippen MR) is 73.5 cm³/mol. The van der Waals surface area contributed by atoms with Crippen LogP contribution in [-0.4, -0.2) is 26.0 Å². The first-order chi connectivity index (χ1) is 8.79. The van der Waals surface area contributed by atoms with E-state index in [1.54, 1.807) is 29.0 Å². The van der Waals surface area contributed by atoms with E-state index in [1.165, 1.54) is 0 Å². The summed E-state index contributed by atoms with van der Waals surface area (Å²) >= 11 is 7.46. The van der Waals surface area contributed by atoms with Gasteiger partial charge in [-0.15, -0.1) is 11.8 Å². The van der Waals surface area contributed by atoms with Crippen molar-refractivity contribution in [3.8, 4) is 5.69 Å². The van der Waals surface area contributed by atoms with Crippen LogP contribution < -0.4 is 0 Å². The maximum Gasteiger partial charge on any atom is 0.167 e. The van der Waals surface area contributed by atoms with Crippen molar-refractivity contribution in [1.29, 1.82) is 0 Å². The third-order valence-corrected chi connectivity index (χ3v) is 3.56. The van der Waals surface area contributed by atoms with Crippen molar-refractivity contribution >= 4 is 34.4 Å². The second-order valence-electron chi connectivity index (χ2n) is 3.65. The van der Waals surface area contributed by atoms with Crippen molar-refractivity contribution in [2.24, 2.45) is 0 Å². The molecule has 4 nitrogen and oxygen atoms in total. The summed E-state index contributed by atoms with van der Waals surface area (Å²) in [5.41, 5.74) is 1.73. The Morgan fingerprint density at radius 1 is 1.17 bits per heavy atom. The number of aromatic nitrogens is 4. The van der Waals surface area contributed by atoms with E-state index in [0.29, 0.717) is 5.02 Å². The first-order valence-corrected chi connectivity index (χ1v) is 6.88. The number of nitrogens with zero attached hydrogens (tertiary/aromatic N) is 4. The second-order valence-corrected chi connectivity index (χ2v) is 4.88. The van der Waals surface area contributed by atoms with Crippen LogP contribution in [0.15, 0.2) is 41.8 Å². The molecule has 90 valence electrons. The number of thioether (sulfide) groups is 1. The van der Waals surface area contributed by atoms with Crippen molar-refractivity contribution in [2.45, 2.75) is 5.03 Å². The van der Waals surface area contributed by atoms with Crippen LogP contribution in [0.3, 0.4) is 0 Å². The third kappa shape index (κ3) is 1.85. The van der Waals surface area contributed by atoms with Crippen LogP contribution in [0.4, 0.5) is 0 Å². The molecule has 3 aromatic rings. The van der Waals surface area contributed by atoms with Crippen molar-refractivity contribution in [3.63, 3.8) is 0 Å². The molecular weight excluding hydrogens is 268 g/mol. The summed E-state index contributed by atoms with van der Waals surface area (Å²) < 4.78 is 1.78. The molecule has 0 radical (unpaired) electrons. The highest BCUT2D eigenvalue weighted by atomic mass is 35.5. The Kier molecular flexibility index (Phi) is 2.93. The van der Waals surface area contributed by atoms with Crippen LogP contribution in [0.25, 0.3) is 16.7 Å². The Balaban J connectivity index is 2.21. The molecule has 0 unspecified atom stereocenters. The lowest BCUT2D eigenvalue weighted by atomic mass is 10.3. The Labute approximate surface area is 113 Å². The molecule has 1 aromatic carbocycles. The standard InChI is InChI=1S/C12H9ClN4S/c1-18-12-10-6-16-17(11(10)14-7-15-12)9-4-2-8(13)3-5-9/h2-7H,1H3. The molecule has 18 heavy (non-hydrogen) atoms. The number of hydrogen-bond donors (Lipinski definition) is 0. The molecular formula is C12H9ClN4S. The molecule has 0 spiro atoms. The van der Waals surface area contributed by atoms with E-state index in [1.807, 2.05) is 30.5 Å². The molecule has 6 heteroatoms. The number of rotatable bonds is 2. The highest BCUT2D eigenvalue weighted by Crippen LogP contribution is 2.24. The monoisotopic (exact) mass is 276 g/mol. The topological polar surface area (TPSA) is 43.6 Å². The Bertz CT molecular complexity index is 693. The van der Waals surface area contributed by atoms with E-state index in [-0.39, 0.29) is 0 Å². The summed E-state index contributed by atoms with van der Waals surface area (Å²) in [4.78, 5) is 8.52. The zero-order chi connectivity index (χ0) is 12.5. The van der Waals surface area contributed by atoms with Crippen LogP contribution in [-0.2, 0) is 0 Å². The second kappa shape index (κ2) is 4.59. The van der Waals surface area contributed by atoms with E-state index < -0.39 is 0 Å². The van der Waals surface area contributed by atoms with Gasteiger partial charge in [-0.3, -0.25) is 0 Å². The van der Waals surface area contributed by atoms with Gasteiger partial charge in [0, 0.05) is 5.02 Å². The summed E-state index contributed by atoms with van der Waals surface area (Å²) in [5, 5.41) is 6.95. The third-order valence-electron chi connectivity index (χ3n) is 2.59. The molecule has 0 saturated carbocycles. The van der Waals surface area contributed by atoms with Crippen LogP contribution in [0, 0.1) is 0 Å². The molecule has 0 aliphatic carbocycles. The summed E-state index contributed by atoms with van der Waals surface area (Å²) in [5.74, 6) is 0. The number of halogens is 1. The van der Waals surface area contributed by atoms with Gasteiger partial charge in [-0.1, -0.05) is 11.6 Å². The maximum absolute atomic E-state index is 5.88. The SMILES string of the molecule is CSc1ncnc2c1cnn2-c1ccc(Cl)cc1. The highest BCUT2D eigenvalue weighted by molar-refractivity contribution is 7.98. The normalized spacial score (nSPS) is 11.0. The number of benzene rings is 1.